The highest BCUT2D eigenvalue weighted by Gasteiger charge is 2.41. The number of benzene rings is 1. The van der Waals surface area contributed by atoms with Crippen LogP contribution in [0.3, 0.4) is 0 Å². The summed E-state index contributed by atoms with van der Waals surface area (Å²) in [6, 6.07) is 5.82. The van der Waals surface area contributed by atoms with E-state index in [-0.39, 0.29) is 24.7 Å². The number of piperidine rings is 1. The van der Waals surface area contributed by atoms with Crippen molar-refractivity contribution in [2.45, 2.75) is 25.3 Å². The Labute approximate surface area is 142 Å². The minimum atomic E-state index is -0.934. The van der Waals surface area contributed by atoms with Crippen molar-refractivity contribution in [2.75, 3.05) is 6.54 Å². The Bertz CT molecular complexity index is 735. The lowest BCUT2D eigenvalue weighted by molar-refractivity contribution is -0.152. The number of carboxylic acid groups (broad SMARTS) is 1. The van der Waals surface area contributed by atoms with Gasteiger partial charge in [0.25, 0.3) is 0 Å². The molecule has 2 heterocycles. The summed E-state index contributed by atoms with van der Waals surface area (Å²) in [7, 11) is 0. The summed E-state index contributed by atoms with van der Waals surface area (Å²) in [5, 5.41) is 11.3. The number of rotatable bonds is 5. The number of hydrogen-bond acceptors (Lipinski definition) is 4. The van der Waals surface area contributed by atoms with Crippen LogP contribution in [0.2, 0.25) is 0 Å². The van der Waals surface area contributed by atoms with Gasteiger partial charge in [-0.15, -0.1) is 11.3 Å². The fraction of sp³-hybridized carbons (Fsp3) is 0.353. The van der Waals surface area contributed by atoms with Gasteiger partial charge in [-0.25, -0.2) is 9.37 Å². The number of amides is 1. The molecule has 0 aliphatic carbocycles. The summed E-state index contributed by atoms with van der Waals surface area (Å²) in [5.74, 6) is -2.05. The maximum absolute atomic E-state index is 13.8. The second-order valence-electron chi connectivity index (χ2n) is 5.77. The fourth-order valence-corrected chi connectivity index (χ4v) is 3.73. The Morgan fingerprint density at radius 1 is 1.42 bits per heavy atom. The van der Waals surface area contributed by atoms with Crippen molar-refractivity contribution < 1.29 is 19.1 Å². The zero-order valence-electron chi connectivity index (χ0n) is 12.9. The van der Waals surface area contributed by atoms with Gasteiger partial charge in [0.1, 0.15) is 5.82 Å². The highest BCUT2D eigenvalue weighted by molar-refractivity contribution is 7.07. The number of carbonyl (C=O) groups is 2. The van der Waals surface area contributed by atoms with E-state index >= 15 is 0 Å². The first kappa shape index (κ1) is 16.6. The van der Waals surface area contributed by atoms with Gasteiger partial charge in [0.2, 0.25) is 5.91 Å². The van der Waals surface area contributed by atoms with Gasteiger partial charge in [-0.1, -0.05) is 18.2 Å². The highest BCUT2D eigenvalue weighted by Crippen LogP contribution is 2.36. The molecule has 1 aromatic heterocycles. The Morgan fingerprint density at radius 3 is 2.88 bits per heavy atom. The Morgan fingerprint density at radius 2 is 2.21 bits per heavy atom. The van der Waals surface area contributed by atoms with Crippen molar-refractivity contribution in [1.82, 2.24) is 9.88 Å². The van der Waals surface area contributed by atoms with Gasteiger partial charge in [-0.2, -0.15) is 0 Å². The Kier molecular flexibility index (Phi) is 4.89. The fourth-order valence-electron chi connectivity index (χ4n) is 3.15. The average Bonchev–Trinajstić information content (AvgIpc) is 3.08. The summed E-state index contributed by atoms with van der Waals surface area (Å²) < 4.78 is 13.8. The molecule has 126 valence electrons. The summed E-state index contributed by atoms with van der Waals surface area (Å²) in [6.07, 6.45) is 0.826. The topological polar surface area (TPSA) is 70.5 Å². The van der Waals surface area contributed by atoms with E-state index in [1.165, 1.54) is 17.4 Å². The molecule has 3 rings (SSSR count). The molecule has 1 amide bonds. The standard InChI is InChI=1S/C17H17FN2O3S/c18-13-4-2-1-3-11(13)7-8-20-15(21)6-5-12(17(22)23)16(20)14-9-24-10-19-14/h1-4,9-10,12,16H,5-8H2,(H,22,23)/t12-,16+/m0/s1. The average molecular weight is 348 g/mol. The van der Waals surface area contributed by atoms with Crippen molar-refractivity contribution in [1.29, 1.82) is 0 Å². The zero-order valence-corrected chi connectivity index (χ0v) is 13.7. The van der Waals surface area contributed by atoms with Gasteiger partial charge in [0.15, 0.2) is 0 Å². The van der Waals surface area contributed by atoms with Crippen molar-refractivity contribution in [3.8, 4) is 0 Å². The minimum Gasteiger partial charge on any atom is -0.481 e. The molecule has 1 N–H and O–H groups in total. The van der Waals surface area contributed by atoms with Gasteiger partial charge < -0.3 is 10.0 Å². The Balaban J connectivity index is 1.85. The van der Waals surface area contributed by atoms with E-state index < -0.39 is 17.9 Å². The lowest BCUT2D eigenvalue weighted by atomic mass is 9.86. The molecule has 1 fully saturated rings. The molecule has 0 spiro atoms. The third kappa shape index (κ3) is 3.31. The quantitative estimate of drug-likeness (QED) is 0.902. The predicted molar refractivity (Wildman–Crippen MR) is 87.0 cm³/mol. The second-order valence-corrected chi connectivity index (χ2v) is 6.49. The lowest BCUT2D eigenvalue weighted by Gasteiger charge is -2.38. The Hall–Kier alpha value is -2.28. The van der Waals surface area contributed by atoms with Crippen LogP contribution in [0.25, 0.3) is 0 Å². The number of carbonyl (C=O) groups excluding carboxylic acids is 1. The molecule has 1 aliphatic heterocycles. The molecule has 24 heavy (non-hydrogen) atoms. The molecule has 7 heteroatoms. The molecular weight excluding hydrogens is 331 g/mol. The van der Waals surface area contributed by atoms with Crippen LogP contribution in [0, 0.1) is 11.7 Å². The third-order valence-electron chi connectivity index (χ3n) is 4.36. The number of aliphatic carboxylic acids is 1. The lowest BCUT2D eigenvalue weighted by Crippen LogP contribution is -2.46. The molecule has 2 aromatic rings. The third-order valence-corrected chi connectivity index (χ3v) is 4.96. The molecule has 5 nitrogen and oxygen atoms in total. The first-order valence-electron chi connectivity index (χ1n) is 7.71. The first-order valence-corrected chi connectivity index (χ1v) is 8.66. The number of aromatic nitrogens is 1. The van der Waals surface area contributed by atoms with Crippen LogP contribution in [0.15, 0.2) is 35.2 Å². The van der Waals surface area contributed by atoms with Gasteiger partial charge in [-0.05, 0) is 24.5 Å². The number of carboxylic acids is 1. The zero-order chi connectivity index (χ0) is 17.1. The number of thiazole rings is 1. The number of hydrogen-bond donors (Lipinski definition) is 1. The van der Waals surface area contributed by atoms with Crippen molar-refractivity contribution >= 4 is 23.2 Å². The van der Waals surface area contributed by atoms with Crippen LogP contribution in [0.1, 0.15) is 30.1 Å². The second kappa shape index (κ2) is 7.09. The van der Waals surface area contributed by atoms with Crippen LogP contribution >= 0.6 is 11.3 Å². The van der Waals surface area contributed by atoms with Gasteiger partial charge in [-0.3, -0.25) is 9.59 Å². The monoisotopic (exact) mass is 348 g/mol. The van der Waals surface area contributed by atoms with E-state index in [4.69, 9.17) is 0 Å². The largest absolute Gasteiger partial charge is 0.481 e. The van der Waals surface area contributed by atoms with Crippen molar-refractivity contribution in [3.63, 3.8) is 0 Å². The maximum atomic E-state index is 13.8. The maximum Gasteiger partial charge on any atom is 0.309 e. The van der Waals surface area contributed by atoms with Gasteiger partial charge >= 0.3 is 5.97 Å². The normalized spacial score (nSPS) is 21.0. The van der Waals surface area contributed by atoms with Crippen LogP contribution in [0.4, 0.5) is 4.39 Å². The number of halogens is 1. The van der Waals surface area contributed by atoms with E-state index in [1.54, 1.807) is 34.0 Å². The molecule has 0 saturated carbocycles. The molecule has 0 bridgehead atoms. The highest BCUT2D eigenvalue weighted by atomic mass is 32.1. The van der Waals surface area contributed by atoms with Crippen LogP contribution in [0.5, 0.6) is 0 Å². The van der Waals surface area contributed by atoms with Crippen molar-refractivity contribution in [3.05, 3.63) is 52.2 Å². The van der Waals surface area contributed by atoms with E-state index in [1.807, 2.05) is 0 Å². The smallest absolute Gasteiger partial charge is 0.309 e. The van der Waals surface area contributed by atoms with E-state index in [0.717, 1.165) is 0 Å². The van der Waals surface area contributed by atoms with E-state index in [9.17, 15) is 19.1 Å². The summed E-state index contributed by atoms with van der Waals surface area (Å²) in [4.78, 5) is 29.8. The number of likely N-dealkylation sites (tertiary alicyclic amines) is 1. The van der Waals surface area contributed by atoms with Crippen molar-refractivity contribution in [2.24, 2.45) is 5.92 Å². The summed E-state index contributed by atoms with van der Waals surface area (Å²) >= 11 is 1.37. The van der Waals surface area contributed by atoms with Crippen LogP contribution in [-0.4, -0.2) is 33.4 Å². The molecule has 0 radical (unpaired) electrons. The molecule has 1 aromatic carbocycles. The molecule has 1 saturated heterocycles. The SMILES string of the molecule is O=C(O)[C@H]1CCC(=O)N(CCc2ccccc2F)[C@H]1c1cscn1. The van der Waals surface area contributed by atoms with E-state index in [0.29, 0.717) is 24.1 Å². The molecule has 2 atom stereocenters. The summed E-state index contributed by atoms with van der Waals surface area (Å²) in [5.41, 5.74) is 2.73. The first-order chi connectivity index (χ1) is 11.6. The predicted octanol–water partition coefficient (Wildman–Crippen LogP) is 2.89. The minimum absolute atomic E-state index is 0.109. The van der Waals surface area contributed by atoms with Crippen LogP contribution in [-0.2, 0) is 16.0 Å². The summed E-state index contributed by atoms with van der Waals surface area (Å²) in [6.45, 7) is 0.270. The van der Waals surface area contributed by atoms with Gasteiger partial charge in [0, 0.05) is 18.3 Å². The number of nitrogens with zero attached hydrogens (tertiary/aromatic N) is 2. The molecule has 1 aliphatic rings. The van der Waals surface area contributed by atoms with Crippen LogP contribution < -0.4 is 0 Å². The van der Waals surface area contributed by atoms with E-state index in [2.05, 4.69) is 4.98 Å². The van der Waals surface area contributed by atoms with Gasteiger partial charge in [0.05, 0.1) is 23.2 Å². The molecular formula is C17H17FN2O3S. The molecule has 0 unspecified atom stereocenters.